The van der Waals surface area contributed by atoms with E-state index in [1.807, 2.05) is 72.8 Å². The van der Waals surface area contributed by atoms with Gasteiger partial charge in [-0.2, -0.15) is 0 Å². The van der Waals surface area contributed by atoms with E-state index < -0.39 is 6.29 Å². The summed E-state index contributed by atoms with van der Waals surface area (Å²) in [6.07, 6.45) is 4.98. The molecule has 1 aliphatic carbocycles. The molecule has 2 aromatic rings. The van der Waals surface area contributed by atoms with E-state index in [4.69, 9.17) is 0 Å². The molecule has 28 heavy (non-hydrogen) atoms. The summed E-state index contributed by atoms with van der Waals surface area (Å²) >= 11 is 0. The number of para-hydroxylation sites is 2. The number of hydrogen-bond donors (Lipinski definition) is 0. The Hall–Kier alpha value is -3.08. The number of amides is 2. The molecule has 0 radical (unpaired) electrons. The van der Waals surface area contributed by atoms with Gasteiger partial charge in [-0.1, -0.05) is 48.6 Å². The third-order valence-electron chi connectivity index (χ3n) is 6.09. The third-order valence-corrected chi connectivity index (χ3v) is 6.09. The molecule has 2 saturated heterocycles. The van der Waals surface area contributed by atoms with Crippen LogP contribution in [-0.4, -0.2) is 36.1 Å². The van der Waals surface area contributed by atoms with Gasteiger partial charge in [-0.15, -0.1) is 0 Å². The van der Waals surface area contributed by atoms with E-state index in [0.717, 1.165) is 24.5 Å². The Morgan fingerprint density at radius 2 is 1.07 bits per heavy atom. The maximum atomic E-state index is 13.3. The minimum atomic E-state index is -0.421. The molecule has 2 heterocycles. The van der Waals surface area contributed by atoms with Crippen LogP contribution in [0.2, 0.25) is 0 Å². The molecule has 3 aliphatic rings. The van der Waals surface area contributed by atoms with Crippen LogP contribution in [0.5, 0.6) is 0 Å². The topological polar surface area (TPSA) is 43.9 Å². The van der Waals surface area contributed by atoms with E-state index in [2.05, 4.69) is 9.80 Å². The molecule has 2 atom stereocenters. The van der Waals surface area contributed by atoms with Crippen molar-refractivity contribution in [1.29, 1.82) is 0 Å². The first-order valence-electron chi connectivity index (χ1n) is 9.91. The van der Waals surface area contributed by atoms with Gasteiger partial charge in [0.05, 0.1) is 11.8 Å². The van der Waals surface area contributed by atoms with Crippen molar-refractivity contribution in [2.45, 2.75) is 19.1 Å². The number of fused-ring (bicyclic) bond motifs is 1. The molecule has 0 spiro atoms. The van der Waals surface area contributed by atoms with Crippen molar-refractivity contribution in [1.82, 2.24) is 4.90 Å². The van der Waals surface area contributed by atoms with Crippen LogP contribution in [-0.2, 0) is 9.59 Å². The van der Waals surface area contributed by atoms with E-state index in [1.165, 1.54) is 4.90 Å². The van der Waals surface area contributed by atoms with Crippen molar-refractivity contribution in [3.8, 4) is 0 Å². The molecular weight excluding hydrogens is 350 g/mol. The lowest BCUT2D eigenvalue weighted by atomic mass is 9.85. The maximum Gasteiger partial charge on any atom is 0.236 e. The molecule has 2 fully saturated rings. The third kappa shape index (κ3) is 2.61. The second kappa shape index (κ2) is 6.82. The first-order chi connectivity index (χ1) is 13.8. The maximum absolute atomic E-state index is 13.3. The summed E-state index contributed by atoms with van der Waals surface area (Å²) < 4.78 is 0. The highest BCUT2D eigenvalue weighted by Crippen LogP contribution is 2.40. The molecule has 5 heteroatoms. The van der Waals surface area contributed by atoms with Gasteiger partial charge in [0, 0.05) is 24.5 Å². The Bertz CT molecular complexity index is 838. The molecule has 2 aromatic carbocycles. The molecule has 5 rings (SSSR count). The molecule has 2 aliphatic heterocycles. The number of hydrogen-bond acceptors (Lipinski definition) is 4. The highest BCUT2D eigenvalue weighted by molar-refractivity contribution is 6.06. The fourth-order valence-electron chi connectivity index (χ4n) is 4.71. The molecule has 0 aromatic heterocycles. The first kappa shape index (κ1) is 17.0. The smallest absolute Gasteiger partial charge is 0.236 e. The Kier molecular flexibility index (Phi) is 4.15. The number of carbonyl (C=O) groups excluding carboxylic acids is 2. The highest BCUT2D eigenvalue weighted by Gasteiger charge is 2.53. The number of rotatable bonds is 3. The quantitative estimate of drug-likeness (QED) is 0.612. The van der Waals surface area contributed by atoms with Crippen molar-refractivity contribution in [2.75, 3.05) is 22.9 Å². The predicted molar refractivity (Wildman–Crippen MR) is 109 cm³/mol. The summed E-state index contributed by atoms with van der Waals surface area (Å²) in [4.78, 5) is 32.5. The first-order valence-corrected chi connectivity index (χ1v) is 9.91. The molecule has 2 amide bonds. The monoisotopic (exact) mass is 373 g/mol. The summed E-state index contributed by atoms with van der Waals surface area (Å²) in [6, 6.07) is 20.1. The van der Waals surface area contributed by atoms with Crippen LogP contribution >= 0.6 is 0 Å². The summed E-state index contributed by atoms with van der Waals surface area (Å²) in [6.45, 7) is 1.52. The normalized spacial score (nSPS) is 24.9. The lowest BCUT2D eigenvalue weighted by Gasteiger charge is -2.38. The second-order valence-corrected chi connectivity index (χ2v) is 7.61. The van der Waals surface area contributed by atoms with E-state index in [-0.39, 0.29) is 23.7 Å². The molecule has 0 N–H and O–H groups in total. The zero-order valence-electron chi connectivity index (χ0n) is 15.6. The van der Waals surface area contributed by atoms with Gasteiger partial charge in [-0.3, -0.25) is 9.59 Å². The predicted octanol–water partition coefficient (Wildman–Crippen LogP) is 3.25. The molecule has 142 valence electrons. The van der Waals surface area contributed by atoms with E-state index in [9.17, 15) is 9.59 Å². The number of allylic oxidation sites excluding steroid dienone is 2. The average molecular weight is 373 g/mol. The summed E-state index contributed by atoms with van der Waals surface area (Å²) in [5, 5.41) is 0. The zero-order valence-corrected chi connectivity index (χ0v) is 15.6. The van der Waals surface area contributed by atoms with Gasteiger partial charge >= 0.3 is 0 Å². The molecule has 0 saturated carbocycles. The second-order valence-electron chi connectivity index (χ2n) is 7.61. The van der Waals surface area contributed by atoms with Gasteiger partial charge in [0.25, 0.3) is 0 Å². The van der Waals surface area contributed by atoms with Crippen LogP contribution in [0.25, 0.3) is 0 Å². The van der Waals surface area contributed by atoms with Crippen molar-refractivity contribution in [2.24, 2.45) is 11.8 Å². The number of nitrogens with zero attached hydrogens (tertiary/aromatic N) is 3. The van der Waals surface area contributed by atoms with Crippen LogP contribution < -0.4 is 9.80 Å². The van der Waals surface area contributed by atoms with Crippen LogP contribution in [0, 0.1) is 11.8 Å². The Morgan fingerprint density at radius 1 is 0.643 bits per heavy atom. The number of imide groups is 1. The van der Waals surface area contributed by atoms with Gasteiger partial charge in [0.2, 0.25) is 11.8 Å². The van der Waals surface area contributed by atoms with Gasteiger partial charge < -0.3 is 9.80 Å². The van der Waals surface area contributed by atoms with Crippen LogP contribution in [0.1, 0.15) is 12.8 Å². The lowest BCUT2D eigenvalue weighted by Crippen LogP contribution is -2.55. The standard InChI is InChI=1S/C23H23N3O2/c27-21-19-13-7-8-14-20(19)22(28)26(21)23-24(17-9-3-1-4-10-17)15-16-25(23)18-11-5-2-6-12-18/h1-12,19-20,23H,13-16H2. The van der Waals surface area contributed by atoms with E-state index >= 15 is 0 Å². The van der Waals surface area contributed by atoms with Crippen molar-refractivity contribution < 1.29 is 9.59 Å². The SMILES string of the molecule is O=C1C2CC=CCC2C(=O)N1C1N(c2ccccc2)CCN1c1ccccc1. The van der Waals surface area contributed by atoms with E-state index in [0.29, 0.717) is 12.8 Å². The number of carbonyl (C=O) groups is 2. The van der Waals surface area contributed by atoms with Crippen LogP contribution in [0.15, 0.2) is 72.8 Å². The lowest BCUT2D eigenvalue weighted by molar-refractivity contribution is -0.142. The van der Waals surface area contributed by atoms with Crippen molar-refractivity contribution in [3.05, 3.63) is 72.8 Å². The van der Waals surface area contributed by atoms with Gasteiger partial charge in [-0.25, -0.2) is 4.90 Å². The van der Waals surface area contributed by atoms with E-state index in [1.54, 1.807) is 0 Å². The van der Waals surface area contributed by atoms with Gasteiger partial charge in [0.1, 0.15) is 0 Å². The Labute approximate surface area is 164 Å². The Balaban J connectivity index is 1.57. The minimum absolute atomic E-state index is 0.0342. The fourth-order valence-corrected chi connectivity index (χ4v) is 4.71. The largest absolute Gasteiger partial charge is 0.332 e. The molecule has 0 bridgehead atoms. The zero-order chi connectivity index (χ0) is 19.1. The summed E-state index contributed by atoms with van der Waals surface area (Å²) in [5.41, 5.74) is 2.05. The highest BCUT2D eigenvalue weighted by atomic mass is 16.2. The molecule has 2 unspecified atom stereocenters. The summed E-state index contributed by atoms with van der Waals surface area (Å²) in [5.74, 6) is -0.497. The summed E-state index contributed by atoms with van der Waals surface area (Å²) in [7, 11) is 0. The molecular formula is C23H23N3O2. The Morgan fingerprint density at radius 3 is 1.50 bits per heavy atom. The molecule has 5 nitrogen and oxygen atoms in total. The van der Waals surface area contributed by atoms with Crippen molar-refractivity contribution in [3.63, 3.8) is 0 Å². The fraction of sp³-hybridized carbons (Fsp3) is 0.304. The minimum Gasteiger partial charge on any atom is -0.332 e. The van der Waals surface area contributed by atoms with Crippen LogP contribution in [0.3, 0.4) is 0 Å². The number of anilines is 2. The van der Waals surface area contributed by atoms with Crippen molar-refractivity contribution >= 4 is 23.2 Å². The average Bonchev–Trinajstić information content (AvgIpc) is 3.29. The number of benzene rings is 2. The van der Waals surface area contributed by atoms with Gasteiger partial charge in [0.15, 0.2) is 6.29 Å². The van der Waals surface area contributed by atoms with Gasteiger partial charge in [-0.05, 0) is 37.1 Å². The number of likely N-dealkylation sites (tertiary alicyclic amines) is 1. The van der Waals surface area contributed by atoms with Crippen LogP contribution in [0.4, 0.5) is 11.4 Å².